The van der Waals surface area contributed by atoms with Crippen LogP contribution < -0.4 is 15.5 Å². The van der Waals surface area contributed by atoms with Crippen LogP contribution in [0.2, 0.25) is 0 Å². The van der Waals surface area contributed by atoms with Crippen LogP contribution >= 0.6 is 0 Å². The van der Waals surface area contributed by atoms with Crippen molar-refractivity contribution in [1.29, 1.82) is 0 Å². The van der Waals surface area contributed by atoms with Gasteiger partial charge in [-0.1, -0.05) is 6.07 Å². The Hall–Kier alpha value is -3.09. The van der Waals surface area contributed by atoms with Gasteiger partial charge in [-0.3, -0.25) is 14.4 Å². The molecule has 1 saturated carbocycles. The van der Waals surface area contributed by atoms with Crippen molar-refractivity contribution in [3.8, 4) is 0 Å². The van der Waals surface area contributed by atoms with Crippen LogP contribution in [0.15, 0.2) is 41.0 Å². The predicted molar refractivity (Wildman–Crippen MR) is 94.9 cm³/mol. The molecular formula is C19H19N3O4. The second-order valence-corrected chi connectivity index (χ2v) is 6.58. The molecule has 0 atom stereocenters. The van der Waals surface area contributed by atoms with E-state index in [1.54, 1.807) is 29.2 Å². The maximum absolute atomic E-state index is 12.7. The Labute approximate surface area is 150 Å². The molecule has 1 aliphatic carbocycles. The highest BCUT2D eigenvalue weighted by Gasteiger charge is 2.28. The Morgan fingerprint density at radius 2 is 1.96 bits per heavy atom. The molecule has 0 bridgehead atoms. The average Bonchev–Trinajstić information content (AvgIpc) is 3.29. The van der Waals surface area contributed by atoms with E-state index in [1.165, 1.54) is 6.26 Å². The second kappa shape index (κ2) is 6.67. The van der Waals surface area contributed by atoms with Crippen LogP contribution in [0.5, 0.6) is 0 Å². The van der Waals surface area contributed by atoms with Gasteiger partial charge >= 0.3 is 11.8 Å². The number of carbonyl (C=O) groups excluding carboxylic acids is 3. The van der Waals surface area contributed by atoms with Crippen LogP contribution in [0.4, 0.5) is 11.4 Å². The normalized spacial score (nSPS) is 15.9. The summed E-state index contributed by atoms with van der Waals surface area (Å²) in [5.74, 6) is -1.27. The molecule has 3 amide bonds. The van der Waals surface area contributed by atoms with Crippen LogP contribution in [0, 0.1) is 0 Å². The van der Waals surface area contributed by atoms with E-state index in [1.807, 2.05) is 6.07 Å². The molecule has 1 aromatic heterocycles. The van der Waals surface area contributed by atoms with Crippen LogP contribution in [0.3, 0.4) is 0 Å². The summed E-state index contributed by atoms with van der Waals surface area (Å²) in [5, 5.41) is 5.26. The van der Waals surface area contributed by atoms with Crippen molar-refractivity contribution < 1.29 is 18.8 Å². The Morgan fingerprint density at radius 1 is 1.12 bits per heavy atom. The van der Waals surface area contributed by atoms with Crippen LogP contribution in [-0.2, 0) is 16.0 Å². The summed E-state index contributed by atoms with van der Waals surface area (Å²) in [4.78, 5) is 38.2. The molecule has 1 fully saturated rings. The number of hydrogen-bond donors (Lipinski definition) is 2. The van der Waals surface area contributed by atoms with Crippen molar-refractivity contribution in [2.45, 2.75) is 31.7 Å². The summed E-state index contributed by atoms with van der Waals surface area (Å²) >= 11 is 0. The lowest BCUT2D eigenvalue weighted by molar-refractivity contribution is -0.136. The number of rotatable bonds is 3. The number of nitrogens with one attached hydrogen (secondary N) is 2. The number of fused-ring (bicyclic) bond motifs is 1. The molecule has 7 heteroatoms. The number of furan rings is 1. The van der Waals surface area contributed by atoms with Crippen molar-refractivity contribution in [1.82, 2.24) is 5.32 Å². The first-order valence-electron chi connectivity index (χ1n) is 8.72. The summed E-state index contributed by atoms with van der Waals surface area (Å²) < 4.78 is 5.22. The minimum atomic E-state index is -0.698. The van der Waals surface area contributed by atoms with Crippen molar-refractivity contribution in [3.05, 3.63) is 47.9 Å². The zero-order valence-corrected chi connectivity index (χ0v) is 14.2. The first-order valence-corrected chi connectivity index (χ1v) is 8.72. The number of benzene rings is 1. The lowest BCUT2D eigenvalue weighted by Gasteiger charge is -2.29. The van der Waals surface area contributed by atoms with Gasteiger partial charge < -0.3 is 20.0 Å². The first-order chi connectivity index (χ1) is 12.6. The predicted octanol–water partition coefficient (Wildman–Crippen LogP) is 2.09. The number of aryl methyl sites for hydroxylation is 1. The highest BCUT2D eigenvalue weighted by Crippen LogP contribution is 2.31. The van der Waals surface area contributed by atoms with Crippen molar-refractivity contribution >= 4 is 29.1 Å². The van der Waals surface area contributed by atoms with Gasteiger partial charge in [-0.05, 0) is 55.5 Å². The second-order valence-electron chi connectivity index (χ2n) is 6.58. The Balaban J connectivity index is 1.54. The maximum Gasteiger partial charge on any atom is 0.313 e. The van der Waals surface area contributed by atoms with E-state index in [-0.39, 0.29) is 17.7 Å². The van der Waals surface area contributed by atoms with Crippen molar-refractivity contribution in [3.63, 3.8) is 0 Å². The molecule has 0 spiro atoms. The third-order valence-electron chi connectivity index (χ3n) is 4.56. The molecule has 2 heterocycles. The fourth-order valence-electron chi connectivity index (χ4n) is 3.06. The zero-order valence-electron chi connectivity index (χ0n) is 14.2. The van der Waals surface area contributed by atoms with Gasteiger partial charge in [0.1, 0.15) is 0 Å². The lowest BCUT2D eigenvalue weighted by atomic mass is 10.0. The van der Waals surface area contributed by atoms with Gasteiger partial charge in [0.25, 0.3) is 5.91 Å². The molecule has 2 aliphatic rings. The van der Waals surface area contributed by atoms with Crippen LogP contribution in [-0.4, -0.2) is 30.3 Å². The molecule has 134 valence electrons. The number of nitrogens with zero attached hydrogens (tertiary/aromatic N) is 1. The number of carbonyl (C=O) groups is 3. The molecule has 2 aromatic rings. The largest absolute Gasteiger partial charge is 0.459 e. The van der Waals surface area contributed by atoms with E-state index in [0.29, 0.717) is 12.2 Å². The highest BCUT2D eigenvalue weighted by atomic mass is 16.3. The third kappa shape index (κ3) is 3.33. The number of anilines is 2. The smallest absolute Gasteiger partial charge is 0.313 e. The van der Waals surface area contributed by atoms with Gasteiger partial charge in [0, 0.05) is 24.0 Å². The molecule has 1 aliphatic heterocycles. The summed E-state index contributed by atoms with van der Waals surface area (Å²) in [6.45, 7) is 0.575. The Bertz CT molecular complexity index is 856. The first kappa shape index (κ1) is 16.4. The van der Waals surface area contributed by atoms with Crippen molar-refractivity contribution in [2.75, 3.05) is 16.8 Å². The van der Waals surface area contributed by atoms with Crippen molar-refractivity contribution in [2.24, 2.45) is 0 Å². The van der Waals surface area contributed by atoms with Gasteiger partial charge in [-0.2, -0.15) is 0 Å². The van der Waals surface area contributed by atoms with Gasteiger partial charge in [-0.25, -0.2) is 0 Å². The fraction of sp³-hybridized carbons (Fsp3) is 0.316. The molecule has 1 aromatic carbocycles. The van der Waals surface area contributed by atoms with E-state index in [2.05, 4.69) is 10.6 Å². The fourth-order valence-corrected chi connectivity index (χ4v) is 3.06. The molecular weight excluding hydrogens is 334 g/mol. The summed E-state index contributed by atoms with van der Waals surface area (Å²) in [6, 6.07) is 8.79. The van der Waals surface area contributed by atoms with Crippen LogP contribution in [0.1, 0.15) is 35.4 Å². The third-order valence-corrected chi connectivity index (χ3v) is 4.56. The molecule has 4 rings (SSSR count). The standard InChI is InChI=1S/C19H19N3O4/c23-17(20-13-7-8-13)18(24)21-14-6-5-12-3-1-9-22(15(12)11-14)19(25)16-4-2-10-26-16/h2,4-6,10-11,13H,1,3,7-9H2,(H,20,23)(H,21,24). The van der Waals surface area contributed by atoms with E-state index in [4.69, 9.17) is 4.42 Å². The van der Waals surface area contributed by atoms with E-state index in [9.17, 15) is 14.4 Å². The molecule has 0 unspecified atom stereocenters. The molecule has 2 N–H and O–H groups in total. The zero-order chi connectivity index (χ0) is 18.1. The Morgan fingerprint density at radius 3 is 2.69 bits per heavy atom. The van der Waals surface area contributed by atoms with Gasteiger partial charge in [0.2, 0.25) is 0 Å². The van der Waals surface area contributed by atoms with E-state index >= 15 is 0 Å². The van der Waals surface area contributed by atoms with Crippen LogP contribution in [0.25, 0.3) is 0 Å². The average molecular weight is 353 g/mol. The minimum absolute atomic E-state index is 0.123. The van der Waals surface area contributed by atoms with Gasteiger partial charge in [0.05, 0.1) is 6.26 Å². The summed E-state index contributed by atoms with van der Waals surface area (Å²) in [6.07, 6.45) is 5.01. The SMILES string of the molecule is O=C(Nc1ccc2c(c1)N(C(=O)c1ccco1)CCC2)C(=O)NC1CC1. The minimum Gasteiger partial charge on any atom is -0.459 e. The summed E-state index contributed by atoms with van der Waals surface area (Å²) in [5.41, 5.74) is 2.24. The van der Waals surface area contributed by atoms with Gasteiger partial charge in [0.15, 0.2) is 5.76 Å². The van der Waals surface area contributed by atoms with E-state index in [0.717, 1.165) is 36.9 Å². The van der Waals surface area contributed by atoms with E-state index < -0.39 is 11.8 Å². The molecule has 0 radical (unpaired) electrons. The number of amides is 3. The maximum atomic E-state index is 12.7. The quantitative estimate of drug-likeness (QED) is 0.827. The molecule has 0 saturated heterocycles. The molecule has 26 heavy (non-hydrogen) atoms. The lowest BCUT2D eigenvalue weighted by Crippen LogP contribution is -2.37. The highest BCUT2D eigenvalue weighted by molar-refractivity contribution is 6.39. The summed E-state index contributed by atoms with van der Waals surface area (Å²) in [7, 11) is 0. The number of hydrogen-bond acceptors (Lipinski definition) is 4. The topological polar surface area (TPSA) is 91.7 Å². The Kier molecular flexibility index (Phi) is 4.20. The monoisotopic (exact) mass is 353 g/mol. The molecule has 7 nitrogen and oxygen atoms in total. The van der Waals surface area contributed by atoms with Gasteiger partial charge in [-0.15, -0.1) is 0 Å².